The SMILES string of the molecule is c1ccc(Cc2nc3ccccc3[se]2)cc1. The predicted octanol–water partition coefficient (Wildman–Crippen LogP) is 2.88. The molecule has 0 saturated heterocycles. The minimum atomic E-state index is 0.423. The van der Waals surface area contributed by atoms with Crippen molar-refractivity contribution in [3.05, 3.63) is 64.7 Å². The van der Waals surface area contributed by atoms with Crippen molar-refractivity contribution in [3.63, 3.8) is 0 Å². The van der Waals surface area contributed by atoms with Gasteiger partial charge in [-0.25, -0.2) is 0 Å². The van der Waals surface area contributed by atoms with Gasteiger partial charge < -0.3 is 0 Å². The molecule has 0 aliphatic heterocycles. The Morgan fingerprint density at radius 1 is 0.875 bits per heavy atom. The monoisotopic (exact) mass is 273 g/mol. The number of hydrogen-bond donors (Lipinski definition) is 0. The van der Waals surface area contributed by atoms with Crippen molar-refractivity contribution in [1.29, 1.82) is 0 Å². The van der Waals surface area contributed by atoms with Crippen molar-refractivity contribution in [3.8, 4) is 0 Å². The molecule has 0 aliphatic carbocycles. The molecule has 0 atom stereocenters. The molecule has 0 unspecified atom stereocenters. The molecular weight excluding hydrogens is 261 g/mol. The van der Waals surface area contributed by atoms with Crippen molar-refractivity contribution >= 4 is 24.3 Å². The summed E-state index contributed by atoms with van der Waals surface area (Å²) in [6.07, 6.45) is 0.996. The maximum absolute atomic E-state index is 4.69. The molecule has 3 aromatic rings. The third-order valence-corrected chi connectivity index (χ3v) is 4.71. The Morgan fingerprint density at radius 2 is 1.62 bits per heavy atom. The molecule has 0 spiro atoms. The van der Waals surface area contributed by atoms with Gasteiger partial charge in [0.2, 0.25) is 0 Å². The molecular formula is C14H11NSe. The van der Waals surface area contributed by atoms with Gasteiger partial charge in [0.05, 0.1) is 0 Å². The predicted molar refractivity (Wildman–Crippen MR) is 67.9 cm³/mol. The number of para-hydroxylation sites is 1. The van der Waals surface area contributed by atoms with E-state index in [4.69, 9.17) is 4.98 Å². The van der Waals surface area contributed by atoms with E-state index in [1.54, 1.807) is 0 Å². The number of aromatic nitrogens is 1. The second-order valence-corrected chi connectivity index (χ2v) is 6.08. The fourth-order valence-electron chi connectivity index (χ4n) is 1.77. The van der Waals surface area contributed by atoms with Gasteiger partial charge in [0.25, 0.3) is 0 Å². The summed E-state index contributed by atoms with van der Waals surface area (Å²) in [5.74, 6) is 0. The van der Waals surface area contributed by atoms with E-state index in [-0.39, 0.29) is 0 Å². The fraction of sp³-hybridized carbons (Fsp3) is 0.0714. The molecule has 0 radical (unpaired) electrons. The number of rotatable bonds is 2. The summed E-state index contributed by atoms with van der Waals surface area (Å²) < 4.78 is 2.75. The van der Waals surface area contributed by atoms with Crippen LogP contribution in [0.1, 0.15) is 10.1 Å². The van der Waals surface area contributed by atoms with E-state index < -0.39 is 0 Å². The third kappa shape index (κ3) is 1.95. The van der Waals surface area contributed by atoms with Crippen LogP contribution in [-0.4, -0.2) is 19.5 Å². The quantitative estimate of drug-likeness (QED) is 0.654. The van der Waals surface area contributed by atoms with Crippen LogP contribution in [-0.2, 0) is 6.42 Å². The second-order valence-electron chi connectivity index (χ2n) is 3.74. The van der Waals surface area contributed by atoms with Gasteiger partial charge in [-0.15, -0.1) is 0 Å². The summed E-state index contributed by atoms with van der Waals surface area (Å²) in [5, 5.41) is 0. The van der Waals surface area contributed by atoms with Crippen LogP contribution in [0.15, 0.2) is 54.6 Å². The van der Waals surface area contributed by atoms with Crippen LogP contribution in [0.25, 0.3) is 9.78 Å². The zero-order chi connectivity index (χ0) is 10.8. The van der Waals surface area contributed by atoms with Gasteiger partial charge in [0, 0.05) is 0 Å². The Labute approximate surface area is 101 Å². The van der Waals surface area contributed by atoms with E-state index in [2.05, 4.69) is 54.6 Å². The molecule has 1 aromatic heterocycles. The summed E-state index contributed by atoms with van der Waals surface area (Å²) in [4.78, 5) is 4.69. The average Bonchev–Trinajstić information content (AvgIpc) is 2.72. The van der Waals surface area contributed by atoms with Crippen LogP contribution in [0.2, 0.25) is 0 Å². The van der Waals surface area contributed by atoms with Crippen LogP contribution >= 0.6 is 0 Å². The topological polar surface area (TPSA) is 12.9 Å². The van der Waals surface area contributed by atoms with Gasteiger partial charge in [0.15, 0.2) is 0 Å². The van der Waals surface area contributed by atoms with Crippen molar-refractivity contribution in [1.82, 2.24) is 4.98 Å². The zero-order valence-corrected chi connectivity index (χ0v) is 10.5. The van der Waals surface area contributed by atoms with E-state index in [0.717, 1.165) is 6.42 Å². The molecule has 16 heavy (non-hydrogen) atoms. The number of benzene rings is 2. The molecule has 2 aromatic carbocycles. The second kappa shape index (κ2) is 4.25. The molecule has 0 saturated carbocycles. The van der Waals surface area contributed by atoms with Crippen LogP contribution in [0.5, 0.6) is 0 Å². The number of hydrogen-bond acceptors (Lipinski definition) is 1. The molecule has 78 valence electrons. The van der Waals surface area contributed by atoms with Crippen LogP contribution in [0.4, 0.5) is 0 Å². The molecule has 0 N–H and O–H groups in total. The molecule has 0 fully saturated rings. The molecule has 0 amide bonds. The summed E-state index contributed by atoms with van der Waals surface area (Å²) >= 11 is 0.423. The molecule has 0 aliphatic rings. The minimum absolute atomic E-state index is 0.423. The van der Waals surface area contributed by atoms with E-state index in [1.165, 1.54) is 19.9 Å². The number of nitrogens with zero attached hydrogens (tertiary/aromatic N) is 1. The zero-order valence-electron chi connectivity index (χ0n) is 8.76. The number of fused-ring (bicyclic) bond motifs is 1. The van der Waals surface area contributed by atoms with Gasteiger partial charge in [0.1, 0.15) is 0 Å². The summed E-state index contributed by atoms with van der Waals surface area (Å²) in [5.41, 5.74) is 2.53. The van der Waals surface area contributed by atoms with E-state index in [0.29, 0.717) is 14.5 Å². The van der Waals surface area contributed by atoms with Gasteiger partial charge in [-0.1, -0.05) is 0 Å². The maximum atomic E-state index is 4.69. The summed E-state index contributed by atoms with van der Waals surface area (Å²) in [7, 11) is 0. The van der Waals surface area contributed by atoms with Crippen molar-refractivity contribution in [2.24, 2.45) is 0 Å². The first-order valence-corrected chi connectivity index (χ1v) is 7.01. The van der Waals surface area contributed by atoms with Crippen LogP contribution in [0.3, 0.4) is 0 Å². The van der Waals surface area contributed by atoms with E-state index in [9.17, 15) is 0 Å². The molecule has 1 nitrogen and oxygen atoms in total. The van der Waals surface area contributed by atoms with Crippen molar-refractivity contribution in [2.45, 2.75) is 6.42 Å². The van der Waals surface area contributed by atoms with Crippen molar-refractivity contribution < 1.29 is 0 Å². The van der Waals surface area contributed by atoms with Gasteiger partial charge >= 0.3 is 100 Å². The Bertz CT molecular complexity index is 565. The van der Waals surface area contributed by atoms with Gasteiger partial charge in [-0.3, -0.25) is 0 Å². The summed E-state index contributed by atoms with van der Waals surface area (Å²) in [6.45, 7) is 0. The first-order chi connectivity index (χ1) is 7.92. The average molecular weight is 272 g/mol. The third-order valence-electron chi connectivity index (χ3n) is 2.54. The Hall–Kier alpha value is -1.37. The molecule has 0 bridgehead atoms. The molecule has 2 heteroatoms. The Morgan fingerprint density at radius 3 is 2.44 bits per heavy atom. The van der Waals surface area contributed by atoms with Gasteiger partial charge in [-0.2, -0.15) is 0 Å². The first kappa shape index (κ1) is 9.83. The summed E-state index contributed by atoms with van der Waals surface area (Å²) in [6, 6.07) is 19.0. The normalized spacial score (nSPS) is 10.8. The molecule has 3 rings (SSSR count). The first-order valence-electron chi connectivity index (χ1n) is 5.30. The van der Waals surface area contributed by atoms with E-state index in [1.807, 2.05) is 0 Å². The Kier molecular flexibility index (Phi) is 2.61. The van der Waals surface area contributed by atoms with Crippen molar-refractivity contribution in [2.75, 3.05) is 0 Å². The fourth-order valence-corrected chi connectivity index (χ4v) is 3.87. The van der Waals surface area contributed by atoms with E-state index >= 15 is 0 Å². The standard InChI is InChI=1S/C14H11NSe/c1-2-6-11(7-3-1)10-14-15-12-8-4-5-9-13(12)16-14/h1-9H,10H2. The van der Waals surface area contributed by atoms with Gasteiger partial charge in [-0.05, 0) is 0 Å². The molecule has 1 heterocycles. The Balaban J connectivity index is 1.95. The van der Waals surface area contributed by atoms with Crippen LogP contribution in [0, 0.1) is 0 Å². The van der Waals surface area contributed by atoms with Crippen LogP contribution < -0.4 is 0 Å².